The largest absolute Gasteiger partial charge is 0.391 e. The van der Waals surface area contributed by atoms with Gasteiger partial charge in [-0.1, -0.05) is 0 Å². The van der Waals surface area contributed by atoms with Crippen LogP contribution in [0.5, 0.6) is 0 Å². The number of hydrogen-bond acceptors (Lipinski definition) is 4. The fraction of sp³-hybridized carbons (Fsp3) is 0.417. The molecule has 1 amide bonds. The molecule has 19 heavy (non-hydrogen) atoms. The fourth-order valence-corrected chi connectivity index (χ4v) is 1.27. The van der Waals surface area contributed by atoms with Gasteiger partial charge >= 0.3 is 5.69 Å². The van der Waals surface area contributed by atoms with E-state index in [9.17, 15) is 24.4 Å². The number of benzene rings is 1. The van der Waals surface area contributed by atoms with Gasteiger partial charge in [-0.2, -0.15) is 4.39 Å². The van der Waals surface area contributed by atoms with Gasteiger partial charge in [0, 0.05) is 11.6 Å². The van der Waals surface area contributed by atoms with Crippen molar-refractivity contribution in [1.29, 1.82) is 0 Å². The van der Waals surface area contributed by atoms with Gasteiger partial charge in [0.2, 0.25) is 5.82 Å². The summed E-state index contributed by atoms with van der Waals surface area (Å²) in [6.07, 6.45) is -0.806. The lowest BCUT2D eigenvalue weighted by Crippen LogP contribution is -2.51. The molecule has 0 aliphatic carbocycles. The Kier molecular flexibility index (Phi) is 4.21. The molecule has 0 saturated heterocycles. The van der Waals surface area contributed by atoms with Crippen molar-refractivity contribution in [2.75, 3.05) is 0 Å². The van der Waals surface area contributed by atoms with Crippen molar-refractivity contribution in [3.63, 3.8) is 0 Å². The van der Waals surface area contributed by atoms with Crippen LogP contribution in [-0.4, -0.2) is 27.6 Å². The monoisotopic (exact) mass is 270 g/mol. The zero-order valence-electron chi connectivity index (χ0n) is 10.8. The number of carbonyl (C=O) groups excluding carboxylic acids is 1. The number of nitro benzene ring substituents is 1. The van der Waals surface area contributed by atoms with Crippen LogP contribution in [0.3, 0.4) is 0 Å². The molecular weight excluding hydrogens is 255 g/mol. The Morgan fingerprint density at radius 2 is 2.11 bits per heavy atom. The lowest BCUT2D eigenvalue weighted by Gasteiger charge is -2.29. The van der Waals surface area contributed by atoms with Crippen molar-refractivity contribution >= 4 is 11.6 Å². The summed E-state index contributed by atoms with van der Waals surface area (Å²) >= 11 is 0. The maximum absolute atomic E-state index is 13.4. The number of halogens is 1. The van der Waals surface area contributed by atoms with Gasteiger partial charge in [0.05, 0.1) is 16.6 Å². The molecule has 1 unspecified atom stereocenters. The van der Waals surface area contributed by atoms with Gasteiger partial charge in [0.15, 0.2) is 0 Å². The van der Waals surface area contributed by atoms with Crippen molar-refractivity contribution in [3.05, 3.63) is 39.7 Å². The maximum atomic E-state index is 13.4. The number of nitro groups is 1. The highest BCUT2D eigenvalue weighted by atomic mass is 19.1. The van der Waals surface area contributed by atoms with Gasteiger partial charge in [0.25, 0.3) is 5.91 Å². The molecular formula is C12H15FN2O4. The molecule has 1 aromatic carbocycles. The highest BCUT2D eigenvalue weighted by molar-refractivity contribution is 5.94. The standard InChI is InChI=1S/C12H15FN2O4/c1-7(16)12(2,3)14-11(17)8-4-5-10(15(18)19)9(13)6-8/h4-7,16H,1-3H3,(H,14,17). The van der Waals surface area contributed by atoms with E-state index < -0.39 is 34.0 Å². The molecule has 7 heteroatoms. The van der Waals surface area contributed by atoms with Crippen molar-refractivity contribution in [2.45, 2.75) is 32.4 Å². The molecule has 1 aromatic rings. The van der Waals surface area contributed by atoms with Crippen LogP contribution < -0.4 is 5.32 Å². The van der Waals surface area contributed by atoms with Crippen molar-refractivity contribution in [2.24, 2.45) is 0 Å². The van der Waals surface area contributed by atoms with E-state index in [4.69, 9.17) is 0 Å². The van der Waals surface area contributed by atoms with E-state index in [1.165, 1.54) is 6.92 Å². The van der Waals surface area contributed by atoms with E-state index in [0.29, 0.717) is 0 Å². The average molecular weight is 270 g/mol. The number of nitrogens with zero attached hydrogens (tertiary/aromatic N) is 1. The van der Waals surface area contributed by atoms with E-state index in [2.05, 4.69) is 5.32 Å². The van der Waals surface area contributed by atoms with E-state index in [-0.39, 0.29) is 5.56 Å². The summed E-state index contributed by atoms with van der Waals surface area (Å²) in [5.41, 5.74) is -1.63. The summed E-state index contributed by atoms with van der Waals surface area (Å²) in [5.74, 6) is -1.69. The fourth-order valence-electron chi connectivity index (χ4n) is 1.27. The molecule has 0 saturated carbocycles. The third-order valence-electron chi connectivity index (χ3n) is 2.89. The van der Waals surface area contributed by atoms with E-state index in [1.807, 2.05) is 0 Å². The topological polar surface area (TPSA) is 92.5 Å². The van der Waals surface area contributed by atoms with Gasteiger partial charge in [-0.05, 0) is 32.9 Å². The maximum Gasteiger partial charge on any atom is 0.304 e. The first-order valence-electron chi connectivity index (χ1n) is 5.59. The third-order valence-corrected chi connectivity index (χ3v) is 2.89. The number of aliphatic hydroxyl groups excluding tert-OH is 1. The van der Waals surface area contributed by atoms with E-state index >= 15 is 0 Å². The van der Waals surface area contributed by atoms with E-state index in [1.54, 1.807) is 13.8 Å². The molecule has 1 rings (SSSR count). The summed E-state index contributed by atoms with van der Waals surface area (Å²) in [5, 5.41) is 22.4. The normalized spacial score (nSPS) is 12.9. The number of nitrogens with one attached hydrogen (secondary N) is 1. The molecule has 1 atom stereocenters. The minimum atomic E-state index is -1.08. The van der Waals surface area contributed by atoms with Gasteiger partial charge in [-0.15, -0.1) is 0 Å². The van der Waals surface area contributed by atoms with Crippen LogP contribution in [-0.2, 0) is 0 Å². The second kappa shape index (κ2) is 5.31. The summed E-state index contributed by atoms with van der Waals surface area (Å²) in [7, 11) is 0. The number of rotatable bonds is 4. The van der Waals surface area contributed by atoms with Crippen LogP contribution in [0.25, 0.3) is 0 Å². The molecule has 2 N–H and O–H groups in total. The van der Waals surface area contributed by atoms with Gasteiger partial charge < -0.3 is 10.4 Å². The smallest absolute Gasteiger partial charge is 0.304 e. The molecule has 6 nitrogen and oxygen atoms in total. The number of aliphatic hydroxyl groups is 1. The van der Waals surface area contributed by atoms with Crippen LogP contribution in [0.15, 0.2) is 18.2 Å². The Balaban J connectivity index is 2.96. The number of carbonyl (C=O) groups is 1. The predicted octanol–water partition coefficient (Wildman–Crippen LogP) is 1.62. The summed E-state index contributed by atoms with van der Waals surface area (Å²) < 4.78 is 13.4. The molecule has 0 fully saturated rings. The molecule has 0 bridgehead atoms. The number of hydrogen-bond donors (Lipinski definition) is 2. The third kappa shape index (κ3) is 3.47. The minimum Gasteiger partial charge on any atom is -0.391 e. The van der Waals surface area contributed by atoms with Gasteiger partial charge in [-0.25, -0.2) is 0 Å². The first kappa shape index (κ1) is 15.0. The van der Waals surface area contributed by atoms with Crippen LogP contribution in [0.1, 0.15) is 31.1 Å². The Morgan fingerprint density at radius 1 is 1.53 bits per heavy atom. The SMILES string of the molecule is CC(O)C(C)(C)NC(=O)c1ccc([N+](=O)[O-])c(F)c1. The molecule has 0 aliphatic rings. The molecule has 0 spiro atoms. The lowest BCUT2D eigenvalue weighted by molar-refractivity contribution is -0.387. The second-order valence-corrected chi connectivity index (χ2v) is 4.78. The molecule has 0 radical (unpaired) electrons. The highest BCUT2D eigenvalue weighted by Crippen LogP contribution is 2.18. The molecule has 104 valence electrons. The predicted molar refractivity (Wildman–Crippen MR) is 66.3 cm³/mol. The second-order valence-electron chi connectivity index (χ2n) is 4.78. The van der Waals surface area contributed by atoms with Gasteiger partial charge in [0.1, 0.15) is 0 Å². The van der Waals surface area contributed by atoms with Crippen molar-refractivity contribution < 1.29 is 19.2 Å². The Labute approximate surface area is 109 Å². The summed E-state index contributed by atoms with van der Waals surface area (Å²) in [4.78, 5) is 21.4. The zero-order chi connectivity index (χ0) is 14.8. The van der Waals surface area contributed by atoms with Gasteiger partial charge in [-0.3, -0.25) is 14.9 Å². The van der Waals surface area contributed by atoms with Crippen LogP contribution in [0.4, 0.5) is 10.1 Å². The first-order chi connectivity index (χ1) is 8.65. The first-order valence-corrected chi connectivity index (χ1v) is 5.59. The van der Waals surface area contributed by atoms with Crippen molar-refractivity contribution in [3.8, 4) is 0 Å². The van der Waals surface area contributed by atoms with Crippen LogP contribution in [0.2, 0.25) is 0 Å². The molecule has 0 aromatic heterocycles. The number of amides is 1. The lowest BCUT2D eigenvalue weighted by atomic mass is 9.98. The van der Waals surface area contributed by atoms with Crippen molar-refractivity contribution in [1.82, 2.24) is 5.32 Å². The Bertz CT molecular complexity index is 514. The summed E-state index contributed by atoms with van der Waals surface area (Å²) in [6.45, 7) is 4.73. The van der Waals surface area contributed by atoms with Crippen LogP contribution in [0, 0.1) is 15.9 Å². The Morgan fingerprint density at radius 3 is 2.53 bits per heavy atom. The zero-order valence-corrected chi connectivity index (χ0v) is 10.8. The molecule has 0 heterocycles. The molecule has 0 aliphatic heterocycles. The van der Waals surface area contributed by atoms with Crippen LogP contribution >= 0.6 is 0 Å². The highest BCUT2D eigenvalue weighted by Gasteiger charge is 2.27. The average Bonchev–Trinajstić information content (AvgIpc) is 2.27. The summed E-state index contributed by atoms with van der Waals surface area (Å²) in [6, 6.07) is 2.89. The minimum absolute atomic E-state index is 0.0446. The van der Waals surface area contributed by atoms with E-state index in [0.717, 1.165) is 18.2 Å². The Hall–Kier alpha value is -2.02. The quantitative estimate of drug-likeness (QED) is 0.642.